The lowest BCUT2D eigenvalue weighted by molar-refractivity contribution is 0.102. The molecule has 0 fully saturated rings. The summed E-state index contributed by atoms with van der Waals surface area (Å²) < 4.78 is 0. The average molecular weight is 248 g/mol. The molecule has 5 nitrogen and oxygen atoms in total. The van der Waals surface area contributed by atoms with E-state index in [0.717, 1.165) is 0 Å². The summed E-state index contributed by atoms with van der Waals surface area (Å²) in [4.78, 5) is 11.8. The van der Waals surface area contributed by atoms with Crippen LogP contribution in [0.25, 0.3) is 0 Å². The number of benzene rings is 1. The molecule has 0 bridgehead atoms. The van der Waals surface area contributed by atoms with E-state index in [0.29, 0.717) is 15.7 Å². The number of anilines is 1. The first-order valence-electron chi connectivity index (χ1n) is 5.12. The molecular formula is C11H12N4OS. The van der Waals surface area contributed by atoms with Crippen molar-refractivity contribution in [2.45, 2.75) is 13.0 Å². The maximum atomic E-state index is 11.8. The third-order valence-corrected chi connectivity index (χ3v) is 3.13. The van der Waals surface area contributed by atoms with Gasteiger partial charge in [-0.3, -0.25) is 10.1 Å². The van der Waals surface area contributed by atoms with Crippen molar-refractivity contribution >= 4 is 22.4 Å². The average Bonchev–Trinajstić information content (AvgIpc) is 2.79. The van der Waals surface area contributed by atoms with Gasteiger partial charge in [-0.05, 0) is 19.1 Å². The highest BCUT2D eigenvalue weighted by Gasteiger charge is 2.11. The number of carbonyl (C=O) groups excluding carboxylic acids is 1. The maximum absolute atomic E-state index is 11.8. The molecule has 1 aromatic heterocycles. The van der Waals surface area contributed by atoms with Crippen molar-refractivity contribution in [3.05, 3.63) is 40.9 Å². The summed E-state index contributed by atoms with van der Waals surface area (Å²) in [7, 11) is 0. The SMILES string of the molecule is CC(N)c1nnc(NC(=O)c2ccccc2)s1. The van der Waals surface area contributed by atoms with Crippen molar-refractivity contribution in [2.75, 3.05) is 5.32 Å². The zero-order chi connectivity index (χ0) is 12.3. The third-order valence-electron chi connectivity index (χ3n) is 2.09. The molecule has 0 saturated heterocycles. The van der Waals surface area contributed by atoms with Crippen LogP contribution in [-0.2, 0) is 0 Å². The van der Waals surface area contributed by atoms with Crippen LogP contribution < -0.4 is 11.1 Å². The number of nitrogens with two attached hydrogens (primary N) is 1. The van der Waals surface area contributed by atoms with E-state index in [4.69, 9.17) is 5.73 Å². The Morgan fingerprint density at radius 2 is 2.06 bits per heavy atom. The highest BCUT2D eigenvalue weighted by atomic mass is 32.1. The van der Waals surface area contributed by atoms with Crippen LogP contribution >= 0.6 is 11.3 Å². The van der Waals surface area contributed by atoms with Crippen molar-refractivity contribution in [2.24, 2.45) is 5.73 Å². The molecule has 2 aromatic rings. The number of nitrogens with one attached hydrogen (secondary N) is 1. The second-order valence-electron chi connectivity index (χ2n) is 3.55. The molecule has 1 heterocycles. The zero-order valence-electron chi connectivity index (χ0n) is 9.25. The van der Waals surface area contributed by atoms with Gasteiger partial charge in [0.25, 0.3) is 5.91 Å². The Bertz CT molecular complexity index is 509. The van der Waals surface area contributed by atoms with E-state index >= 15 is 0 Å². The lowest BCUT2D eigenvalue weighted by atomic mass is 10.2. The Kier molecular flexibility index (Phi) is 3.46. The Hall–Kier alpha value is -1.79. The molecule has 3 N–H and O–H groups in total. The van der Waals surface area contributed by atoms with Crippen LogP contribution in [0.3, 0.4) is 0 Å². The minimum Gasteiger partial charge on any atom is -0.322 e. The van der Waals surface area contributed by atoms with E-state index in [2.05, 4.69) is 15.5 Å². The smallest absolute Gasteiger partial charge is 0.257 e. The fraction of sp³-hybridized carbons (Fsp3) is 0.182. The van der Waals surface area contributed by atoms with Crippen LogP contribution in [0, 0.1) is 0 Å². The molecule has 0 aliphatic heterocycles. The monoisotopic (exact) mass is 248 g/mol. The van der Waals surface area contributed by atoms with Gasteiger partial charge in [-0.1, -0.05) is 29.5 Å². The fourth-order valence-electron chi connectivity index (χ4n) is 1.23. The predicted molar refractivity (Wildman–Crippen MR) is 66.9 cm³/mol. The molecule has 0 spiro atoms. The van der Waals surface area contributed by atoms with Crippen molar-refractivity contribution in [3.63, 3.8) is 0 Å². The number of nitrogens with zero attached hydrogens (tertiary/aromatic N) is 2. The lowest BCUT2D eigenvalue weighted by Gasteiger charge is -2.00. The largest absolute Gasteiger partial charge is 0.322 e. The minimum absolute atomic E-state index is 0.171. The standard InChI is InChI=1S/C11H12N4OS/c1-7(12)10-14-15-11(17-10)13-9(16)8-5-3-2-4-6-8/h2-7H,12H2,1H3,(H,13,15,16). The Morgan fingerprint density at radius 3 is 2.65 bits per heavy atom. The predicted octanol–water partition coefficient (Wildman–Crippen LogP) is 1.81. The third kappa shape index (κ3) is 2.86. The molecule has 88 valence electrons. The van der Waals surface area contributed by atoms with E-state index < -0.39 is 0 Å². The van der Waals surface area contributed by atoms with E-state index in [9.17, 15) is 4.79 Å². The summed E-state index contributed by atoms with van der Waals surface area (Å²) >= 11 is 1.28. The number of amides is 1. The van der Waals surface area contributed by atoms with Crippen molar-refractivity contribution in [1.82, 2.24) is 10.2 Å². The van der Waals surface area contributed by atoms with Crippen molar-refractivity contribution < 1.29 is 4.79 Å². The molecule has 1 amide bonds. The lowest BCUT2D eigenvalue weighted by Crippen LogP contribution is -2.11. The van der Waals surface area contributed by atoms with E-state index in [1.165, 1.54) is 11.3 Å². The van der Waals surface area contributed by atoms with Gasteiger partial charge >= 0.3 is 0 Å². The van der Waals surface area contributed by atoms with Gasteiger partial charge < -0.3 is 5.73 Å². The summed E-state index contributed by atoms with van der Waals surface area (Å²) in [6.45, 7) is 1.82. The number of hydrogen-bond donors (Lipinski definition) is 2. The van der Waals surface area contributed by atoms with Crippen LogP contribution in [0.15, 0.2) is 30.3 Å². The van der Waals surface area contributed by atoms with E-state index in [1.54, 1.807) is 12.1 Å². The summed E-state index contributed by atoms with van der Waals surface area (Å²) in [6, 6.07) is 8.78. The second kappa shape index (κ2) is 5.03. The molecule has 0 aliphatic rings. The van der Waals surface area contributed by atoms with Gasteiger partial charge in [0.2, 0.25) is 5.13 Å². The maximum Gasteiger partial charge on any atom is 0.257 e. The van der Waals surface area contributed by atoms with Gasteiger partial charge in [-0.2, -0.15) is 0 Å². The van der Waals surface area contributed by atoms with Gasteiger partial charge in [0.05, 0.1) is 6.04 Å². The Morgan fingerprint density at radius 1 is 1.35 bits per heavy atom. The topological polar surface area (TPSA) is 80.9 Å². The highest BCUT2D eigenvalue weighted by molar-refractivity contribution is 7.15. The Labute approximate surface area is 103 Å². The molecular weight excluding hydrogens is 236 g/mol. The molecule has 0 radical (unpaired) electrons. The first-order valence-corrected chi connectivity index (χ1v) is 5.94. The Balaban J connectivity index is 2.08. The quantitative estimate of drug-likeness (QED) is 0.868. The fourth-order valence-corrected chi connectivity index (χ4v) is 1.92. The summed E-state index contributed by atoms with van der Waals surface area (Å²) in [5.74, 6) is -0.196. The van der Waals surface area contributed by atoms with Gasteiger partial charge in [-0.15, -0.1) is 10.2 Å². The van der Waals surface area contributed by atoms with Gasteiger partial charge in [0.1, 0.15) is 5.01 Å². The molecule has 1 atom stereocenters. The van der Waals surface area contributed by atoms with E-state index in [1.807, 2.05) is 25.1 Å². The van der Waals surface area contributed by atoms with Crippen LogP contribution in [0.2, 0.25) is 0 Å². The van der Waals surface area contributed by atoms with Gasteiger partial charge in [0, 0.05) is 5.56 Å². The van der Waals surface area contributed by atoms with Crippen LogP contribution in [0.5, 0.6) is 0 Å². The molecule has 0 saturated carbocycles. The van der Waals surface area contributed by atoms with Crippen molar-refractivity contribution in [1.29, 1.82) is 0 Å². The van der Waals surface area contributed by atoms with Crippen LogP contribution in [-0.4, -0.2) is 16.1 Å². The summed E-state index contributed by atoms with van der Waals surface area (Å²) in [5.41, 5.74) is 6.25. The molecule has 1 unspecified atom stereocenters. The second-order valence-corrected chi connectivity index (χ2v) is 4.56. The molecule has 2 rings (SSSR count). The van der Waals surface area contributed by atoms with Crippen LogP contribution in [0.1, 0.15) is 28.3 Å². The van der Waals surface area contributed by atoms with E-state index in [-0.39, 0.29) is 11.9 Å². The summed E-state index contributed by atoms with van der Waals surface area (Å²) in [5, 5.41) is 11.6. The van der Waals surface area contributed by atoms with Crippen molar-refractivity contribution in [3.8, 4) is 0 Å². The first kappa shape index (κ1) is 11.7. The number of hydrogen-bond acceptors (Lipinski definition) is 5. The molecule has 17 heavy (non-hydrogen) atoms. The normalized spacial score (nSPS) is 12.1. The van der Waals surface area contributed by atoms with Crippen LogP contribution in [0.4, 0.5) is 5.13 Å². The van der Waals surface area contributed by atoms with Gasteiger partial charge in [0.15, 0.2) is 0 Å². The molecule has 0 aliphatic carbocycles. The zero-order valence-corrected chi connectivity index (χ0v) is 10.1. The molecule has 6 heteroatoms. The number of aromatic nitrogens is 2. The summed E-state index contributed by atoms with van der Waals surface area (Å²) in [6.07, 6.45) is 0. The minimum atomic E-state index is -0.196. The highest BCUT2D eigenvalue weighted by Crippen LogP contribution is 2.20. The van der Waals surface area contributed by atoms with Gasteiger partial charge in [-0.25, -0.2) is 0 Å². The number of rotatable bonds is 3. The molecule has 1 aromatic carbocycles. The first-order chi connectivity index (χ1) is 8.16. The number of carbonyl (C=O) groups is 1.